The number of carbonyl (C=O) groups excluding carboxylic acids is 1. The second kappa shape index (κ2) is 8.01. The molecule has 0 aliphatic carbocycles. The van der Waals surface area contributed by atoms with Crippen molar-refractivity contribution in [2.24, 2.45) is 0 Å². The van der Waals surface area contributed by atoms with Gasteiger partial charge in [0.2, 0.25) is 5.91 Å². The number of halogens is 1. The first-order valence-corrected chi connectivity index (χ1v) is 6.92. The smallest absolute Gasteiger partial charge is 0.233 e. The number of amides is 1. The fourth-order valence-electron chi connectivity index (χ4n) is 1.38. The highest BCUT2D eigenvalue weighted by Gasteiger charge is 2.11. The van der Waals surface area contributed by atoms with E-state index in [9.17, 15) is 4.79 Å². The minimum atomic E-state index is 0.0553. The maximum absolute atomic E-state index is 12.0. The summed E-state index contributed by atoms with van der Waals surface area (Å²) in [7, 11) is 0. The van der Waals surface area contributed by atoms with Crippen LogP contribution in [0.2, 0.25) is 5.02 Å². The summed E-state index contributed by atoms with van der Waals surface area (Å²) in [6.45, 7) is 8.35. The maximum Gasteiger partial charge on any atom is 0.233 e. The lowest BCUT2D eigenvalue weighted by Gasteiger charge is -2.19. The monoisotopic (exact) mass is 281 g/mol. The molecule has 0 N–H and O–H groups in total. The molecule has 0 unspecified atom stereocenters. The zero-order valence-corrected chi connectivity index (χ0v) is 11.7. The molecule has 0 radical (unpaired) electrons. The molecule has 0 aromatic heterocycles. The maximum atomic E-state index is 12.0. The van der Waals surface area contributed by atoms with Gasteiger partial charge in [-0.15, -0.1) is 24.9 Å². The van der Waals surface area contributed by atoms with Crippen LogP contribution in [0.15, 0.2) is 54.5 Å². The summed E-state index contributed by atoms with van der Waals surface area (Å²) in [4.78, 5) is 14.6. The van der Waals surface area contributed by atoms with Crippen molar-refractivity contribution in [3.8, 4) is 0 Å². The van der Waals surface area contributed by atoms with E-state index in [0.717, 1.165) is 4.90 Å². The second-order valence-electron chi connectivity index (χ2n) is 3.60. The van der Waals surface area contributed by atoms with Gasteiger partial charge < -0.3 is 4.90 Å². The van der Waals surface area contributed by atoms with Gasteiger partial charge in [-0.25, -0.2) is 0 Å². The number of hydrogen-bond acceptors (Lipinski definition) is 2. The fraction of sp³-hybridized carbons (Fsp3) is 0.214. The summed E-state index contributed by atoms with van der Waals surface area (Å²) in [5.41, 5.74) is 0. The van der Waals surface area contributed by atoms with Crippen molar-refractivity contribution in [3.05, 3.63) is 54.6 Å². The Balaban J connectivity index is 2.56. The van der Waals surface area contributed by atoms with Crippen molar-refractivity contribution in [2.45, 2.75) is 4.90 Å². The fourth-order valence-corrected chi connectivity index (χ4v) is 2.52. The van der Waals surface area contributed by atoms with E-state index in [4.69, 9.17) is 11.6 Å². The van der Waals surface area contributed by atoms with Crippen molar-refractivity contribution >= 4 is 29.3 Å². The van der Waals surface area contributed by atoms with Crippen molar-refractivity contribution in [2.75, 3.05) is 18.8 Å². The van der Waals surface area contributed by atoms with Crippen molar-refractivity contribution < 1.29 is 4.79 Å². The standard InChI is InChI=1S/C14H16ClNOS/c1-3-9-16(10-4-2)14(17)11-18-13-8-6-5-7-12(13)15/h3-8H,1-2,9-11H2. The largest absolute Gasteiger partial charge is 0.335 e. The predicted molar refractivity (Wildman–Crippen MR) is 79.2 cm³/mol. The zero-order chi connectivity index (χ0) is 13.4. The number of hydrogen-bond donors (Lipinski definition) is 0. The van der Waals surface area contributed by atoms with Gasteiger partial charge in [0.25, 0.3) is 0 Å². The van der Waals surface area contributed by atoms with Gasteiger partial charge in [-0.2, -0.15) is 0 Å². The molecule has 0 saturated carbocycles. The average molecular weight is 282 g/mol. The molecule has 0 heterocycles. The Hall–Kier alpha value is -1.19. The molecule has 1 aromatic carbocycles. The van der Waals surface area contributed by atoms with Gasteiger partial charge in [0.1, 0.15) is 0 Å². The Kier molecular flexibility index (Phi) is 6.61. The number of thioether (sulfide) groups is 1. The van der Waals surface area contributed by atoms with Crippen molar-refractivity contribution in [3.63, 3.8) is 0 Å². The molecule has 0 bridgehead atoms. The van der Waals surface area contributed by atoms with E-state index in [1.807, 2.05) is 24.3 Å². The lowest BCUT2D eigenvalue weighted by atomic mass is 10.4. The first kappa shape index (κ1) is 14.9. The molecule has 0 atom stereocenters. The normalized spacial score (nSPS) is 9.83. The van der Waals surface area contributed by atoms with E-state index in [0.29, 0.717) is 23.9 Å². The van der Waals surface area contributed by atoms with Gasteiger partial charge >= 0.3 is 0 Å². The van der Waals surface area contributed by atoms with Gasteiger partial charge in [0.05, 0.1) is 10.8 Å². The van der Waals surface area contributed by atoms with Gasteiger partial charge in [0, 0.05) is 18.0 Å². The van der Waals surface area contributed by atoms with Crippen LogP contribution >= 0.6 is 23.4 Å². The Labute approximate surface area is 117 Å². The van der Waals surface area contributed by atoms with E-state index in [1.165, 1.54) is 11.8 Å². The summed E-state index contributed by atoms with van der Waals surface area (Å²) in [6, 6.07) is 7.51. The van der Waals surface area contributed by atoms with E-state index < -0.39 is 0 Å². The number of carbonyl (C=O) groups is 1. The molecular formula is C14H16ClNOS. The van der Waals surface area contributed by atoms with Crippen molar-refractivity contribution in [1.29, 1.82) is 0 Å². The Morgan fingerprint density at radius 2 is 1.89 bits per heavy atom. The van der Waals surface area contributed by atoms with Crippen LogP contribution in [0, 0.1) is 0 Å². The van der Waals surface area contributed by atoms with Gasteiger partial charge in [-0.05, 0) is 12.1 Å². The third-order valence-electron chi connectivity index (χ3n) is 2.24. The molecule has 96 valence electrons. The molecule has 0 aliphatic rings. The third-order valence-corrected chi connectivity index (χ3v) is 3.74. The highest BCUT2D eigenvalue weighted by Crippen LogP contribution is 2.26. The van der Waals surface area contributed by atoms with E-state index in [2.05, 4.69) is 13.2 Å². The van der Waals surface area contributed by atoms with Gasteiger partial charge in [-0.3, -0.25) is 4.79 Å². The lowest BCUT2D eigenvalue weighted by molar-refractivity contribution is -0.127. The molecule has 2 nitrogen and oxygen atoms in total. The molecule has 0 saturated heterocycles. The summed E-state index contributed by atoms with van der Waals surface area (Å²) in [5, 5.41) is 0.675. The SMILES string of the molecule is C=CCN(CC=C)C(=O)CSc1ccccc1Cl. The molecule has 1 rings (SSSR count). The highest BCUT2D eigenvalue weighted by molar-refractivity contribution is 8.00. The van der Waals surface area contributed by atoms with Gasteiger partial charge in [0.15, 0.2) is 0 Å². The summed E-state index contributed by atoms with van der Waals surface area (Å²) in [5.74, 6) is 0.422. The minimum Gasteiger partial charge on any atom is -0.335 e. The Morgan fingerprint density at radius 1 is 1.28 bits per heavy atom. The summed E-state index contributed by atoms with van der Waals surface area (Å²) >= 11 is 7.47. The van der Waals surface area contributed by atoms with Crippen LogP contribution in [0.25, 0.3) is 0 Å². The van der Waals surface area contributed by atoms with E-state index in [1.54, 1.807) is 17.1 Å². The van der Waals surface area contributed by atoms with Crippen LogP contribution in [0.1, 0.15) is 0 Å². The van der Waals surface area contributed by atoms with Crippen molar-refractivity contribution in [1.82, 2.24) is 4.90 Å². The highest BCUT2D eigenvalue weighted by atomic mass is 35.5. The lowest BCUT2D eigenvalue weighted by Crippen LogP contribution is -2.32. The number of nitrogens with zero attached hydrogens (tertiary/aromatic N) is 1. The first-order valence-electron chi connectivity index (χ1n) is 5.56. The number of benzene rings is 1. The molecule has 4 heteroatoms. The predicted octanol–water partition coefficient (Wildman–Crippen LogP) is 3.63. The zero-order valence-electron chi connectivity index (χ0n) is 10.1. The van der Waals surface area contributed by atoms with E-state index in [-0.39, 0.29) is 5.91 Å². The molecule has 1 aromatic rings. The van der Waals surface area contributed by atoms with Gasteiger partial charge in [-0.1, -0.05) is 35.9 Å². The van der Waals surface area contributed by atoms with Crippen LogP contribution in [0.5, 0.6) is 0 Å². The molecule has 0 spiro atoms. The Bertz CT molecular complexity index is 424. The molecule has 1 amide bonds. The minimum absolute atomic E-state index is 0.0553. The first-order chi connectivity index (χ1) is 8.69. The van der Waals surface area contributed by atoms with Crippen LogP contribution in [0.3, 0.4) is 0 Å². The topological polar surface area (TPSA) is 20.3 Å². The van der Waals surface area contributed by atoms with Crippen LogP contribution in [-0.2, 0) is 4.79 Å². The summed E-state index contributed by atoms with van der Waals surface area (Å²) in [6.07, 6.45) is 3.42. The van der Waals surface area contributed by atoms with Crippen LogP contribution in [0.4, 0.5) is 0 Å². The molecular weight excluding hydrogens is 266 g/mol. The molecule has 0 aliphatic heterocycles. The average Bonchev–Trinajstić information content (AvgIpc) is 2.37. The quantitative estimate of drug-likeness (QED) is 0.562. The third kappa shape index (κ3) is 4.59. The number of rotatable bonds is 7. The van der Waals surface area contributed by atoms with Crippen LogP contribution < -0.4 is 0 Å². The molecule has 0 fully saturated rings. The van der Waals surface area contributed by atoms with E-state index >= 15 is 0 Å². The summed E-state index contributed by atoms with van der Waals surface area (Å²) < 4.78 is 0. The second-order valence-corrected chi connectivity index (χ2v) is 5.02. The van der Waals surface area contributed by atoms with Crippen LogP contribution in [-0.4, -0.2) is 29.6 Å². The Morgan fingerprint density at radius 3 is 2.44 bits per heavy atom. The molecule has 18 heavy (non-hydrogen) atoms.